The number of hydrogen-bond acceptors (Lipinski definition) is 4. The van der Waals surface area contributed by atoms with Crippen molar-refractivity contribution in [3.05, 3.63) is 51.7 Å². The normalized spacial score (nSPS) is 10.3. The van der Waals surface area contributed by atoms with Gasteiger partial charge in [0.05, 0.1) is 7.11 Å². The van der Waals surface area contributed by atoms with Crippen LogP contribution < -0.4 is 4.74 Å². The molecule has 1 N–H and O–H groups in total. The van der Waals surface area contributed by atoms with E-state index in [4.69, 9.17) is 9.84 Å². The third kappa shape index (κ3) is 4.61. The molecule has 0 atom stereocenters. The van der Waals surface area contributed by atoms with Gasteiger partial charge in [-0.25, -0.2) is 0 Å². The Morgan fingerprint density at radius 1 is 1.29 bits per heavy atom. The Hall–Kier alpha value is -1.80. The van der Waals surface area contributed by atoms with Gasteiger partial charge in [0.25, 0.3) is 0 Å². The van der Waals surface area contributed by atoms with E-state index in [0.717, 1.165) is 30.0 Å². The van der Waals surface area contributed by atoms with Crippen LogP contribution in [0.5, 0.6) is 5.75 Å². The molecule has 2 aromatic rings. The molecule has 110 valence electrons. The summed E-state index contributed by atoms with van der Waals surface area (Å²) in [7, 11) is 3.74. The molecule has 0 aliphatic heterocycles. The number of benzene rings is 1. The molecule has 1 heterocycles. The summed E-state index contributed by atoms with van der Waals surface area (Å²) in [4.78, 5) is 2.24. The molecular formula is C17H19NO2S. The van der Waals surface area contributed by atoms with E-state index in [9.17, 15) is 0 Å². The van der Waals surface area contributed by atoms with Gasteiger partial charge in [-0.1, -0.05) is 11.8 Å². The van der Waals surface area contributed by atoms with Gasteiger partial charge in [0.15, 0.2) is 0 Å². The van der Waals surface area contributed by atoms with Gasteiger partial charge >= 0.3 is 0 Å². The molecule has 3 nitrogen and oxygen atoms in total. The topological polar surface area (TPSA) is 32.7 Å². The summed E-state index contributed by atoms with van der Waals surface area (Å²) in [6.07, 6.45) is 0. The summed E-state index contributed by atoms with van der Waals surface area (Å²) >= 11 is 1.71. The van der Waals surface area contributed by atoms with E-state index in [2.05, 4.69) is 40.6 Å². The molecule has 0 unspecified atom stereocenters. The highest BCUT2D eigenvalue weighted by atomic mass is 32.1. The molecule has 2 rings (SSSR count). The lowest BCUT2D eigenvalue weighted by Gasteiger charge is -2.17. The zero-order chi connectivity index (χ0) is 15.1. The van der Waals surface area contributed by atoms with Gasteiger partial charge in [0.1, 0.15) is 12.4 Å². The summed E-state index contributed by atoms with van der Waals surface area (Å²) in [5.41, 5.74) is 3.35. The Morgan fingerprint density at radius 2 is 2.14 bits per heavy atom. The molecule has 0 fully saturated rings. The summed E-state index contributed by atoms with van der Waals surface area (Å²) in [5.74, 6) is 6.53. The van der Waals surface area contributed by atoms with Crippen LogP contribution in [0.15, 0.2) is 35.0 Å². The fraction of sp³-hybridized carbons (Fsp3) is 0.294. The maximum absolute atomic E-state index is 8.86. The summed E-state index contributed by atoms with van der Waals surface area (Å²) in [5, 5.41) is 13.1. The smallest absolute Gasteiger partial charge is 0.119 e. The lowest BCUT2D eigenvalue weighted by molar-refractivity contribution is 0.318. The van der Waals surface area contributed by atoms with Gasteiger partial charge in [0.2, 0.25) is 0 Å². The van der Waals surface area contributed by atoms with E-state index in [0.29, 0.717) is 0 Å². The maximum atomic E-state index is 8.86. The van der Waals surface area contributed by atoms with Crippen molar-refractivity contribution in [2.24, 2.45) is 0 Å². The molecule has 0 radical (unpaired) electrons. The van der Waals surface area contributed by atoms with Crippen molar-refractivity contribution in [1.29, 1.82) is 0 Å². The Bertz CT molecular complexity index is 626. The monoisotopic (exact) mass is 301 g/mol. The molecule has 4 heteroatoms. The molecule has 0 bridgehead atoms. The average molecular weight is 301 g/mol. The number of rotatable bonds is 5. The number of aliphatic hydroxyl groups excluding tert-OH is 1. The highest BCUT2D eigenvalue weighted by molar-refractivity contribution is 7.07. The lowest BCUT2D eigenvalue weighted by Crippen LogP contribution is -2.17. The second-order valence-electron chi connectivity index (χ2n) is 4.79. The second-order valence-corrected chi connectivity index (χ2v) is 5.57. The highest BCUT2D eigenvalue weighted by Gasteiger charge is 2.07. The predicted octanol–water partition coefficient (Wildman–Crippen LogP) is 2.73. The predicted molar refractivity (Wildman–Crippen MR) is 86.4 cm³/mol. The van der Waals surface area contributed by atoms with E-state index < -0.39 is 0 Å². The number of nitrogens with zero attached hydrogens (tertiary/aromatic N) is 1. The van der Waals surface area contributed by atoms with Crippen LogP contribution in [0.4, 0.5) is 0 Å². The summed E-state index contributed by atoms with van der Waals surface area (Å²) in [6, 6.07) is 7.98. The van der Waals surface area contributed by atoms with Crippen LogP contribution >= 0.6 is 11.3 Å². The van der Waals surface area contributed by atoms with Crippen LogP contribution in [0.25, 0.3) is 0 Å². The lowest BCUT2D eigenvalue weighted by atomic mass is 10.1. The van der Waals surface area contributed by atoms with Gasteiger partial charge in [-0.3, -0.25) is 4.90 Å². The molecule has 0 amide bonds. The first-order valence-corrected chi connectivity index (χ1v) is 7.63. The minimum Gasteiger partial charge on any atom is -0.497 e. The summed E-state index contributed by atoms with van der Waals surface area (Å²) in [6.45, 7) is 1.55. The van der Waals surface area contributed by atoms with Crippen molar-refractivity contribution in [1.82, 2.24) is 4.90 Å². The first-order valence-electron chi connectivity index (χ1n) is 6.69. The maximum Gasteiger partial charge on any atom is 0.119 e. The average Bonchev–Trinajstić information content (AvgIpc) is 2.98. The molecule has 0 saturated carbocycles. The van der Waals surface area contributed by atoms with Crippen molar-refractivity contribution < 1.29 is 9.84 Å². The number of hydrogen-bond donors (Lipinski definition) is 1. The Morgan fingerprint density at radius 3 is 2.81 bits per heavy atom. The van der Waals surface area contributed by atoms with Crippen molar-refractivity contribution >= 4 is 11.3 Å². The highest BCUT2D eigenvalue weighted by Crippen LogP contribution is 2.19. The molecule has 0 aliphatic rings. The van der Waals surface area contributed by atoms with E-state index in [1.807, 2.05) is 18.2 Å². The van der Waals surface area contributed by atoms with E-state index >= 15 is 0 Å². The quantitative estimate of drug-likeness (QED) is 0.862. The van der Waals surface area contributed by atoms with E-state index in [1.54, 1.807) is 18.4 Å². The molecule has 21 heavy (non-hydrogen) atoms. The fourth-order valence-electron chi connectivity index (χ4n) is 2.13. The van der Waals surface area contributed by atoms with Gasteiger partial charge in [-0.15, -0.1) is 0 Å². The number of methoxy groups -OCH3 is 1. The van der Waals surface area contributed by atoms with Crippen LogP contribution in [0.3, 0.4) is 0 Å². The standard InChI is InChI=1S/C17H19NO2S/c1-18(11-14-7-9-21-13-14)12-16-10-17(20-2)6-5-15(16)4-3-8-19/h5-7,9-10,13,19H,8,11-12H2,1-2H3. The van der Waals surface area contributed by atoms with Gasteiger partial charge < -0.3 is 9.84 Å². The zero-order valence-corrected chi connectivity index (χ0v) is 13.1. The third-order valence-electron chi connectivity index (χ3n) is 3.09. The van der Waals surface area contributed by atoms with Crippen molar-refractivity contribution in [3.8, 4) is 17.6 Å². The minimum atomic E-state index is -0.129. The number of thiophene rings is 1. The van der Waals surface area contributed by atoms with Crippen LogP contribution in [0, 0.1) is 11.8 Å². The second kappa shape index (κ2) is 7.84. The van der Waals surface area contributed by atoms with Gasteiger partial charge in [-0.2, -0.15) is 11.3 Å². The molecule has 1 aromatic carbocycles. The van der Waals surface area contributed by atoms with Gasteiger partial charge in [-0.05, 0) is 53.2 Å². The van der Waals surface area contributed by atoms with Gasteiger partial charge in [0, 0.05) is 18.7 Å². The Balaban J connectivity index is 2.15. The molecule has 0 aliphatic carbocycles. The first kappa shape index (κ1) is 15.6. The zero-order valence-electron chi connectivity index (χ0n) is 12.3. The third-order valence-corrected chi connectivity index (χ3v) is 3.82. The SMILES string of the molecule is COc1ccc(C#CCO)c(CN(C)Cc2ccsc2)c1. The minimum absolute atomic E-state index is 0.129. The van der Waals surface area contributed by atoms with E-state index in [-0.39, 0.29) is 6.61 Å². The fourth-order valence-corrected chi connectivity index (χ4v) is 2.79. The molecular weight excluding hydrogens is 282 g/mol. The van der Waals surface area contributed by atoms with Crippen LogP contribution in [0.2, 0.25) is 0 Å². The first-order chi connectivity index (χ1) is 10.2. The Labute approximate surface area is 129 Å². The van der Waals surface area contributed by atoms with Crippen molar-refractivity contribution in [3.63, 3.8) is 0 Å². The Kier molecular flexibility index (Phi) is 5.82. The van der Waals surface area contributed by atoms with Crippen LogP contribution in [-0.2, 0) is 13.1 Å². The molecule has 0 saturated heterocycles. The van der Waals surface area contributed by atoms with Crippen molar-refractivity contribution in [2.45, 2.75) is 13.1 Å². The molecule has 1 aromatic heterocycles. The summed E-state index contributed by atoms with van der Waals surface area (Å²) < 4.78 is 5.29. The number of aliphatic hydroxyl groups is 1. The van der Waals surface area contributed by atoms with Crippen LogP contribution in [-0.4, -0.2) is 30.8 Å². The van der Waals surface area contributed by atoms with Crippen LogP contribution in [0.1, 0.15) is 16.7 Å². The molecule has 0 spiro atoms. The van der Waals surface area contributed by atoms with E-state index in [1.165, 1.54) is 5.56 Å². The largest absolute Gasteiger partial charge is 0.497 e. The van der Waals surface area contributed by atoms with Crippen molar-refractivity contribution in [2.75, 3.05) is 20.8 Å². The number of ether oxygens (including phenoxy) is 1.